The van der Waals surface area contributed by atoms with E-state index in [1.165, 1.54) is 53.8 Å². The fraction of sp³-hybridized carbons (Fsp3) is 0. The molecule has 9 heteroatoms. The predicted molar refractivity (Wildman–Crippen MR) is 93.7 cm³/mol. The van der Waals surface area contributed by atoms with Crippen LogP contribution in [0.5, 0.6) is 0 Å². The molecule has 0 aliphatic rings. The Kier molecular flexibility index (Phi) is 5.05. The molecule has 1 heterocycles. The normalized spacial score (nSPS) is 10.4. The van der Waals surface area contributed by atoms with Crippen LogP contribution >= 0.6 is 23.1 Å². The molecule has 25 heavy (non-hydrogen) atoms. The fourth-order valence-corrected chi connectivity index (χ4v) is 3.40. The van der Waals surface area contributed by atoms with Gasteiger partial charge in [-0.2, -0.15) is 0 Å². The van der Waals surface area contributed by atoms with Gasteiger partial charge >= 0.3 is 0 Å². The van der Waals surface area contributed by atoms with E-state index in [1.807, 2.05) is 0 Å². The number of amides is 1. The Bertz CT molecular complexity index is 915. The summed E-state index contributed by atoms with van der Waals surface area (Å²) in [4.78, 5) is 27.9. The van der Waals surface area contributed by atoms with E-state index in [-0.39, 0.29) is 17.1 Å². The molecule has 0 spiro atoms. The summed E-state index contributed by atoms with van der Waals surface area (Å²) in [5.74, 6) is -0.857. The summed E-state index contributed by atoms with van der Waals surface area (Å²) >= 11 is 2.38. The quantitative estimate of drug-likeness (QED) is 0.521. The van der Waals surface area contributed by atoms with Crippen molar-refractivity contribution in [3.05, 3.63) is 75.5 Å². The minimum Gasteiger partial charge on any atom is -0.298 e. The molecule has 0 fully saturated rings. The molecule has 0 unspecified atom stereocenters. The third kappa shape index (κ3) is 4.20. The van der Waals surface area contributed by atoms with E-state index >= 15 is 0 Å². The number of benzene rings is 2. The molecule has 0 atom stereocenters. The molecule has 0 aliphatic carbocycles. The Morgan fingerprint density at radius 2 is 2.00 bits per heavy atom. The monoisotopic (exact) mass is 375 g/mol. The van der Waals surface area contributed by atoms with Gasteiger partial charge in [0.25, 0.3) is 11.6 Å². The van der Waals surface area contributed by atoms with Gasteiger partial charge < -0.3 is 0 Å². The van der Waals surface area contributed by atoms with Gasteiger partial charge in [0.2, 0.25) is 0 Å². The van der Waals surface area contributed by atoms with Crippen molar-refractivity contribution in [1.29, 1.82) is 0 Å². The molecule has 126 valence electrons. The summed E-state index contributed by atoms with van der Waals surface area (Å²) in [7, 11) is 0. The molecule has 1 amide bonds. The van der Waals surface area contributed by atoms with Crippen molar-refractivity contribution >= 4 is 39.8 Å². The van der Waals surface area contributed by atoms with Crippen LogP contribution in [-0.4, -0.2) is 15.8 Å². The second kappa shape index (κ2) is 7.41. The second-order valence-corrected chi connectivity index (χ2v) is 6.80. The van der Waals surface area contributed by atoms with E-state index in [0.717, 1.165) is 11.8 Å². The standard InChI is InChI=1S/C16H10FN3O3S2/c17-11-2-4-12(5-3-11)25-14-6-1-10(9-13(14)20(22)23)15(21)19-16-18-7-8-24-16/h1-9H,(H,18,19,21). The van der Waals surface area contributed by atoms with Crippen molar-refractivity contribution in [2.45, 2.75) is 9.79 Å². The lowest BCUT2D eigenvalue weighted by Crippen LogP contribution is -2.12. The number of hydrogen-bond donors (Lipinski definition) is 1. The van der Waals surface area contributed by atoms with Crippen LogP contribution in [0.4, 0.5) is 15.2 Å². The first-order valence-corrected chi connectivity index (χ1v) is 8.65. The molecule has 3 aromatic rings. The van der Waals surface area contributed by atoms with E-state index < -0.39 is 10.8 Å². The smallest absolute Gasteiger partial charge is 0.284 e. The maximum atomic E-state index is 13.0. The average Bonchev–Trinajstić information content (AvgIpc) is 3.10. The van der Waals surface area contributed by atoms with Gasteiger partial charge in [-0.3, -0.25) is 20.2 Å². The van der Waals surface area contributed by atoms with E-state index in [2.05, 4.69) is 10.3 Å². The number of hydrogen-bond acceptors (Lipinski definition) is 6. The molecule has 1 aromatic heterocycles. The number of carbonyl (C=O) groups excluding carboxylic acids is 1. The molecule has 6 nitrogen and oxygen atoms in total. The number of anilines is 1. The van der Waals surface area contributed by atoms with Crippen LogP contribution in [0.2, 0.25) is 0 Å². The van der Waals surface area contributed by atoms with Gasteiger partial charge in [-0.05, 0) is 36.4 Å². The Hall–Kier alpha value is -2.78. The molecule has 1 N–H and O–H groups in total. The first-order chi connectivity index (χ1) is 12.0. The van der Waals surface area contributed by atoms with Crippen molar-refractivity contribution < 1.29 is 14.1 Å². The third-order valence-electron chi connectivity index (χ3n) is 3.11. The highest BCUT2D eigenvalue weighted by molar-refractivity contribution is 7.99. The van der Waals surface area contributed by atoms with Gasteiger partial charge in [0.15, 0.2) is 5.13 Å². The van der Waals surface area contributed by atoms with Crippen LogP contribution in [-0.2, 0) is 0 Å². The number of carbonyl (C=O) groups is 1. The zero-order valence-corrected chi connectivity index (χ0v) is 14.1. The molecule has 0 bridgehead atoms. The van der Waals surface area contributed by atoms with Crippen LogP contribution in [0.1, 0.15) is 10.4 Å². The maximum Gasteiger partial charge on any atom is 0.284 e. The van der Waals surface area contributed by atoms with Crippen molar-refractivity contribution in [1.82, 2.24) is 4.98 Å². The van der Waals surface area contributed by atoms with E-state index in [9.17, 15) is 19.3 Å². The molecule has 0 radical (unpaired) electrons. The fourth-order valence-electron chi connectivity index (χ4n) is 1.97. The lowest BCUT2D eigenvalue weighted by atomic mass is 10.2. The van der Waals surface area contributed by atoms with Gasteiger partial charge in [0.1, 0.15) is 5.82 Å². The minimum atomic E-state index is -0.550. The van der Waals surface area contributed by atoms with Gasteiger partial charge in [-0.1, -0.05) is 11.8 Å². The van der Waals surface area contributed by atoms with Gasteiger partial charge in [-0.25, -0.2) is 9.37 Å². The van der Waals surface area contributed by atoms with Crippen molar-refractivity contribution in [2.24, 2.45) is 0 Å². The number of nitro groups is 1. The van der Waals surface area contributed by atoms with E-state index in [1.54, 1.807) is 11.6 Å². The van der Waals surface area contributed by atoms with Crippen molar-refractivity contribution in [3.63, 3.8) is 0 Å². The number of nitro benzene ring substituents is 1. The van der Waals surface area contributed by atoms with Gasteiger partial charge in [0.05, 0.1) is 9.82 Å². The Balaban J connectivity index is 1.86. The highest BCUT2D eigenvalue weighted by atomic mass is 32.2. The zero-order valence-electron chi connectivity index (χ0n) is 12.5. The Morgan fingerprint density at radius 1 is 1.24 bits per heavy atom. The van der Waals surface area contributed by atoms with Crippen LogP contribution < -0.4 is 5.32 Å². The largest absolute Gasteiger partial charge is 0.298 e. The number of nitrogens with one attached hydrogen (secondary N) is 1. The number of thiazole rings is 1. The number of nitrogens with zero attached hydrogens (tertiary/aromatic N) is 2. The predicted octanol–water partition coefficient (Wildman–Crippen LogP) is 4.59. The first-order valence-electron chi connectivity index (χ1n) is 6.95. The summed E-state index contributed by atoms with van der Waals surface area (Å²) in [6.45, 7) is 0. The number of halogens is 1. The molecule has 0 aliphatic heterocycles. The Morgan fingerprint density at radius 3 is 2.64 bits per heavy atom. The summed E-state index contributed by atoms with van der Waals surface area (Å²) in [5, 5.41) is 16.0. The summed E-state index contributed by atoms with van der Waals surface area (Å²) < 4.78 is 13.0. The van der Waals surface area contributed by atoms with Crippen molar-refractivity contribution in [2.75, 3.05) is 5.32 Å². The Labute approximate surface area is 149 Å². The molecular formula is C16H10FN3O3S2. The third-order valence-corrected chi connectivity index (χ3v) is 4.87. The van der Waals surface area contributed by atoms with E-state index in [4.69, 9.17) is 0 Å². The average molecular weight is 375 g/mol. The van der Waals surface area contributed by atoms with Crippen LogP contribution in [0.3, 0.4) is 0 Å². The van der Waals surface area contributed by atoms with E-state index in [0.29, 0.717) is 14.9 Å². The summed E-state index contributed by atoms with van der Waals surface area (Å²) in [6.07, 6.45) is 1.55. The molecule has 0 saturated heterocycles. The van der Waals surface area contributed by atoms with Crippen LogP contribution in [0.25, 0.3) is 0 Å². The highest BCUT2D eigenvalue weighted by Gasteiger charge is 2.19. The minimum absolute atomic E-state index is 0.158. The molecule has 3 rings (SSSR count). The van der Waals surface area contributed by atoms with Crippen molar-refractivity contribution in [3.8, 4) is 0 Å². The van der Waals surface area contributed by atoms with Gasteiger partial charge in [-0.15, -0.1) is 11.3 Å². The lowest BCUT2D eigenvalue weighted by molar-refractivity contribution is -0.387. The van der Waals surface area contributed by atoms with Crippen LogP contribution in [0, 0.1) is 15.9 Å². The molecular weight excluding hydrogens is 365 g/mol. The lowest BCUT2D eigenvalue weighted by Gasteiger charge is -2.06. The zero-order chi connectivity index (χ0) is 17.8. The number of aromatic nitrogens is 1. The highest BCUT2D eigenvalue weighted by Crippen LogP contribution is 2.35. The van der Waals surface area contributed by atoms with Gasteiger partial charge in [0, 0.05) is 28.1 Å². The second-order valence-electron chi connectivity index (χ2n) is 4.79. The summed E-state index contributed by atoms with van der Waals surface area (Å²) in [6, 6.07) is 9.85. The SMILES string of the molecule is O=C(Nc1nccs1)c1ccc(Sc2ccc(F)cc2)c([N+](=O)[O-])c1. The molecule has 0 saturated carbocycles. The first kappa shape index (κ1) is 17.1. The maximum absolute atomic E-state index is 13.0. The molecule has 2 aromatic carbocycles. The number of rotatable bonds is 5. The summed E-state index contributed by atoms with van der Waals surface area (Å²) in [5.41, 5.74) is -0.0357. The topological polar surface area (TPSA) is 85.1 Å². The van der Waals surface area contributed by atoms with Crippen LogP contribution in [0.15, 0.2) is 63.8 Å².